The Kier molecular flexibility index (Phi) is 7.80. The van der Waals surface area contributed by atoms with E-state index in [4.69, 9.17) is 5.11 Å². The highest BCUT2D eigenvalue weighted by molar-refractivity contribution is 5.92. The monoisotopic (exact) mass is 320 g/mol. The number of benzene rings is 1. The molecule has 0 fully saturated rings. The van der Waals surface area contributed by atoms with Gasteiger partial charge in [-0.2, -0.15) is 0 Å². The molecule has 1 aromatic rings. The van der Waals surface area contributed by atoms with Crippen LogP contribution in [0.4, 0.5) is 5.69 Å². The molecule has 1 aromatic carbocycles. The molecular formula is C17H24N2O4. The molecule has 0 atom stereocenters. The van der Waals surface area contributed by atoms with Gasteiger partial charge >= 0.3 is 5.97 Å². The topological polar surface area (TPSA) is 95.5 Å². The SMILES string of the molecule is CC(C)C(=O)Nc1ccc(CNC(=O)CCCCC(=O)O)cc1. The second-order valence-electron chi connectivity index (χ2n) is 5.72. The average molecular weight is 320 g/mol. The largest absolute Gasteiger partial charge is 0.481 e. The summed E-state index contributed by atoms with van der Waals surface area (Å²) in [4.78, 5) is 33.6. The predicted octanol–water partition coefficient (Wildman–Crippen LogP) is 2.54. The van der Waals surface area contributed by atoms with E-state index in [-0.39, 0.29) is 24.2 Å². The van der Waals surface area contributed by atoms with E-state index in [0.29, 0.717) is 25.8 Å². The maximum absolute atomic E-state index is 11.6. The molecule has 0 unspecified atom stereocenters. The van der Waals surface area contributed by atoms with Crippen LogP contribution in [0.15, 0.2) is 24.3 Å². The molecule has 0 radical (unpaired) electrons. The lowest BCUT2D eigenvalue weighted by Crippen LogP contribution is -2.22. The van der Waals surface area contributed by atoms with E-state index in [1.807, 2.05) is 26.0 Å². The zero-order valence-corrected chi connectivity index (χ0v) is 13.6. The van der Waals surface area contributed by atoms with Crippen LogP contribution in [0.25, 0.3) is 0 Å². The quantitative estimate of drug-likeness (QED) is 0.609. The Morgan fingerprint density at radius 2 is 1.65 bits per heavy atom. The van der Waals surface area contributed by atoms with Crippen molar-refractivity contribution in [2.75, 3.05) is 5.32 Å². The Hall–Kier alpha value is -2.37. The zero-order valence-electron chi connectivity index (χ0n) is 13.6. The maximum atomic E-state index is 11.6. The molecule has 0 aliphatic carbocycles. The van der Waals surface area contributed by atoms with Crippen molar-refractivity contribution in [2.24, 2.45) is 5.92 Å². The summed E-state index contributed by atoms with van der Waals surface area (Å²) in [7, 11) is 0. The van der Waals surface area contributed by atoms with Crippen LogP contribution in [0.5, 0.6) is 0 Å². The summed E-state index contributed by atoms with van der Waals surface area (Å²) in [5.41, 5.74) is 1.67. The highest BCUT2D eigenvalue weighted by Gasteiger charge is 2.07. The molecule has 0 bridgehead atoms. The highest BCUT2D eigenvalue weighted by atomic mass is 16.4. The van der Waals surface area contributed by atoms with Crippen molar-refractivity contribution in [3.05, 3.63) is 29.8 Å². The van der Waals surface area contributed by atoms with Crippen LogP contribution in [-0.4, -0.2) is 22.9 Å². The van der Waals surface area contributed by atoms with E-state index >= 15 is 0 Å². The molecule has 0 heterocycles. The molecular weight excluding hydrogens is 296 g/mol. The van der Waals surface area contributed by atoms with Crippen LogP contribution >= 0.6 is 0 Å². The molecule has 3 N–H and O–H groups in total. The predicted molar refractivity (Wildman–Crippen MR) is 87.9 cm³/mol. The van der Waals surface area contributed by atoms with Crippen molar-refractivity contribution in [2.45, 2.75) is 46.1 Å². The highest BCUT2D eigenvalue weighted by Crippen LogP contribution is 2.11. The smallest absolute Gasteiger partial charge is 0.303 e. The van der Waals surface area contributed by atoms with E-state index in [1.54, 1.807) is 12.1 Å². The number of carbonyl (C=O) groups is 3. The summed E-state index contributed by atoms with van der Waals surface area (Å²) in [5, 5.41) is 14.1. The lowest BCUT2D eigenvalue weighted by Gasteiger charge is -2.09. The first-order chi connectivity index (χ1) is 10.9. The summed E-state index contributed by atoms with van der Waals surface area (Å²) in [6, 6.07) is 7.30. The molecule has 0 saturated carbocycles. The van der Waals surface area contributed by atoms with Crippen molar-refractivity contribution < 1.29 is 19.5 Å². The summed E-state index contributed by atoms with van der Waals surface area (Å²) in [5.74, 6) is -1.04. The first-order valence-corrected chi connectivity index (χ1v) is 7.76. The second kappa shape index (κ2) is 9.61. The summed E-state index contributed by atoms with van der Waals surface area (Å²) < 4.78 is 0. The third-order valence-corrected chi connectivity index (χ3v) is 3.28. The van der Waals surface area contributed by atoms with Gasteiger partial charge < -0.3 is 15.7 Å². The third-order valence-electron chi connectivity index (χ3n) is 3.28. The van der Waals surface area contributed by atoms with Gasteiger partial charge in [0, 0.05) is 31.0 Å². The van der Waals surface area contributed by atoms with Gasteiger partial charge in [-0.3, -0.25) is 14.4 Å². The fourth-order valence-electron chi connectivity index (χ4n) is 1.84. The lowest BCUT2D eigenvalue weighted by molar-refractivity contribution is -0.137. The van der Waals surface area contributed by atoms with Gasteiger partial charge in [0.25, 0.3) is 0 Å². The molecule has 1 rings (SSSR count). The first kappa shape index (κ1) is 18.7. The van der Waals surface area contributed by atoms with Gasteiger partial charge in [0.05, 0.1) is 0 Å². The molecule has 0 aromatic heterocycles. The van der Waals surface area contributed by atoms with Crippen LogP contribution in [0.1, 0.15) is 45.1 Å². The van der Waals surface area contributed by atoms with Crippen molar-refractivity contribution >= 4 is 23.5 Å². The fourth-order valence-corrected chi connectivity index (χ4v) is 1.84. The van der Waals surface area contributed by atoms with Crippen LogP contribution in [0, 0.1) is 5.92 Å². The molecule has 0 spiro atoms. The minimum Gasteiger partial charge on any atom is -0.481 e. The Morgan fingerprint density at radius 1 is 1.04 bits per heavy atom. The minimum absolute atomic E-state index is 0.0348. The average Bonchev–Trinajstić information content (AvgIpc) is 2.50. The summed E-state index contributed by atoms with van der Waals surface area (Å²) in [6.45, 7) is 4.07. The van der Waals surface area contributed by atoms with Gasteiger partial charge in [0.1, 0.15) is 0 Å². The van der Waals surface area contributed by atoms with Crippen molar-refractivity contribution in [3.8, 4) is 0 Å². The summed E-state index contributed by atoms with van der Waals surface area (Å²) >= 11 is 0. The first-order valence-electron chi connectivity index (χ1n) is 7.76. The molecule has 2 amide bonds. The molecule has 23 heavy (non-hydrogen) atoms. The Labute approximate surface area is 136 Å². The molecule has 126 valence electrons. The number of carboxylic acid groups (broad SMARTS) is 1. The van der Waals surface area contributed by atoms with Crippen molar-refractivity contribution in [3.63, 3.8) is 0 Å². The lowest BCUT2D eigenvalue weighted by atomic mass is 10.1. The number of nitrogens with one attached hydrogen (secondary N) is 2. The number of rotatable bonds is 9. The number of carboxylic acids is 1. The van der Waals surface area contributed by atoms with E-state index in [1.165, 1.54) is 0 Å². The third kappa shape index (κ3) is 7.99. The number of carbonyl (C=O) groups excluding carboxylic acids is 2. The van der Waals surface area contributed by atoms with Gasteiger partial charge in [-0.25, -0.2) is 0 Å². The van der Waals surface area contributed by atoms with E-state index in [9.17, 15) is 14.4 Å². The maximum Gasteiger partial charge on any atom is 0.303 e. The van der Waals surface area contributed by atoms with Crippen molar-refractivity contribution in [1.82, 2.24) is 5.32 Å². The molecule has 6 heteroatoms. The number of hydrogen-bond donors (Lipinski definition) is 3. The number of hydrogen-bond acceptors (Lipinski definition) is 3. The standard InChI is InChI=1S/C17H24N2O4/c1-12(2)17(23)19-14-9-7-13(8-10-14)11-18-15(20)5-3-4-6-16(21)22/h7-10,12H,3-6,11H2,1-2H3,(H,18,20)(H,19,23)(H,21,22). The van der Waals surface area contributed by atoms with Gasteiger partial charge in [-0.05, 0) is 30.5 Å². The van der Waals surface area contributed by atoms with Crippen LogP contribution < -0.4 is 10.6 Å². The summed E-state index contributed by atoms with van der Waals surface area (Å²) in [6.07, 6.45) is 1.50. The van der Waals surface area contributed by atoms with Crippen LogP contribution in [-0.2, 0) is 20.9 Å². The normalized spacial score (nSPS) is 10.4. The molecule has 0 aliphatic heterocycles. The van der Waals surface area contributed by atoms with Crippen molar-refractivity contribution in [1.29, 1.82) is 0 Å². The van der Waals surface area contributed by atoms with Crippen LogP contribution in [0.3, 0.4) is 0 Å². The minimum atomic E-state index is -0.838. The van der Waals surface area contributed by atoms with E-state index in [0.717, 1.165) is 11.3 Å². The van der Waals surface area contributed by atoms with Crippen LogP contribution in [0.2, 0.25) is 0 Å². The number of unbranched alkanes of at least 4 members (excludes halogenated alkanes) is 1. The molecule has 0 saturated heterocycles. The van der Waals surface area contributed by atoms with Gasteiger partial charge in [0.2, 0.25) is 11.8 Å². The Balaban J connectivity index is 2.31. The number of amides is 2. The number of aliphatic carboxylic acids is 1. The zero-order chi connectivity index (χ0) is 17.2. The van der Waals surface area contributed by atoms with Gasteiger partial charge in [-0.1, -0.05) is 26.0 Å². The van der Waals surface area contributed by atoms with E-state index < -0.39 is 5.97 Å². The Bertz CT molecular complexity index is 538. The van der Waals surface area contributed by atoms with Gasteiger partial charge in [-0.15, -0.1) is 0 Å². The van der Waals surface area contributed by atoms with E-state index in [2.05, 4.69) is 10.6 Å². The Morgan fingerprint density at radius 3 is 2.22 bits per heavy atom. The fraction of sp³-hybridized carbons (Fsp3) is 0.471. The number of anilines is 1. The molecule has 0 aliphatic rings. The molecule has 6 nitrogen and oxygen atoms in total. The van der Waals surface area contributed by atoms with Gasteiger partial charge in [0.15, 0.2) is 0 Å². The second-order valence-corrected chi connectivity index (χ2v) is 5.72.